The SMILES string of the molecule is CCOc1cc(CN)ccc1Oc1cc(SC)ncn1. The molecule has 2 rings (SSSR count). The first kappa shape index (κ1) is 14.6. The number of hydrogen-bond donors (Lipinski definition) is 1. The van der Waals surface area contributed by atoms with Gasteiger partial charge in [0.2, 0.25) is 5.88 Å². The molecule has 0 fully saturated rings. The number of aromatic nitrogens is 2. The fourth-order valence-electron chi connectivity index (χ4n) is 1.64. The largest absolute Gasteiger partial charge is 0.490 e. The van der Waals surface area contributed by atoms with Crippen LogP contribution in [0.5, 0.6) is 17.4 Å². The molecule has 0 aliphatic rings. The van der Waals surface area contributed by atoms with Gasteiger partial charge in [0.1, 0.15) is 11.4 Å². The number of benzene rings is 1. The molecule has 0 bridgehead atoms. The van der Waals surface area contributed by atoms with Crippen LogP contribution in [-0.2, 0) is 6.54 Å². The molecule has 1 aromatic carbocycles. The average molecular weight is 291 g/mol. The number of ether oxygens (including phenoxy) is 2. The lowest BCUT2D eigenvalue weighted by molar-refractivity contribution is 0.319. The van der Waals surface area contributed by atoms with E-state index >= 15 is 0 Å². The molecule has 2 N–H and O–H groups in total. The second kappa shape index (κ2) is 7.12. The summed E-state index contributed by atoms with van der Waals surface area (Å²) >= 11 is 1.54. The van der Waals surface area contributed by atoms with Gasteiger partial charge in [0.15, 0.2) is 11.5 Å². The van der Waals surface area contributed by atoms with Crippen molar-refractivity contribution in [1.82, 2.24) is 9.97 Å². The maximum atomic E-state index is 5.77. The van der Waals surface area contributed by atoms with E-state index in [4.69, 9.17) is 15.2 Å². The van der Waals surface area contributed by atoms with Crippen LogP contribution in [0.25, 0.3) is 0 Å². The van der Waals surface area contributed by atoms with E-state index in [9.17, 15) is 0 Å². The fraction of sp³-hybridized carbons (Fsp3) is 0.286. The maximum absolute atomic E-state index is 5.77. The highest BCUT2D eigenvalue weighted by atomic mass is 32.2. The Labute approximate surface area is 122 Å². The van der Waals surface area contributed by atoms with E-state index < -0.39 is 0 Å². The predicted molar refractivity (Wildman–Crippen MR) is 79.4 cm³/mol. The lowest BCUT2D eigenvalue weighted by Gasteiger charge is -2.12. The normalized spacial score (nSPS) is 10.3. The van der Waals surface area contributed by atoms with Crippen molar-refractivity contribution in [2.45, 2.75) is 18.5 Å². The summed E-state index contributed by atoms with van der Waals surface area (Å²) in [5, 5.41) is 0.853. The lowest BCUT2D eigenvalue weighted by Crippen LogP contribution is -2.00. The highest BCUT2D eigenvalue weighted by Gasteiger charge is 2.08. The van der Waals surface area contributed by atoms with Crippen LogP contribution in [0.3, 0.4) is 0 Å². The van der Waals surface area contributed by atoms with E-state index in [1.807, 2.05) is 31.4 Å². The molecule has 0 spiro atoms. The van der Waals surface area contributed by atoms with Gasteiger partial charge < -0.3 is 15.2 Å². The molecule has 1 aromatic heterocycles. The van der Waals surface area contributed by atoms with Gasteiger partial charge in [-0.15, -0.1) is 11.8 Å². The summed E-state index contributed by atoms with van der Waals surface area (Å²) in [7, 11) is 0. The van der Waals surface area contributed by atoms with Crippen molar-refractivity contribution in [3.63, 3.8) is 0 Å². The minimum Gasteiger partial charge on any atom is -0.490 e. The Bertz CT molecular complexity index is 578. The van der Waals surface area contributed by atoms with Gasteiger partial charge in [-0.3, -0.25) is 0 Å². The maximum Gasteiger partial charge on any atom is 0.223 e. The number of nitrogens with two attached hydrogens (primary N) is 1. The standard InChI is InChI=1S/C14H17N3O2S/c1-3-18-12-6-10(8-15)4-5-11(12)19-13-7-14(20-2)17-9-16-13/h4-7,9H,3,8,15H2,1-2H3. The molecule has 0 aliphatic heterocycles. The summed E-state index contributed by atoms with van der Waals surface area (Å²) in [6.07, 6.45) is 3.43. The third-order valence-corrected chi connectivity index (χ3v) is 3.23. The molecule has 0 radical (unpaired) electrons. The van der Waals surface area contributed by atoms with E-state index in [1.165, 1.54) is 18.1 Å². The molecule has 0 aliphatic carbocycles. The van der Waals surface area contributed by atoms with Crippen molar-refractivity contribution in [2.75, 3.05) is 12.9 Å². The van der Waals surface area contributed by atoms with E-state index in [2.05, 4.69) is 9.97 Å². The number of hydrogen-bond acceptors (Lipinski definition) is 6. The molecule has 2 aromatic rings. The number of thioether (sulfide) groups is 1. The number of nitrogens with zero attached hydrogens (tertiary/aromatic N) is 2. The van der Waals surface area contributed by atoms with Crippen LogP contribution < -0.4 is 15.2 Å². The Morgan fingerprint density at radius 3 is 2.75 bits per heavy atom. The Kier molecular flexibility index (Phi) is 5.20. The Morgan fingerprint density at radius 2 is 2.05 bits per heavy atom. The van der Waals surface area contributed by atoms with Gasteiger partial charge in [-0.2, -0.15) is 0 Å². The van der Waals surface area contributed by atoms with Crippen molar-refractivity contribution >= 4 is 11.8 Å². The molecule has 0 amide bonds. The molecule has 0 saturated carbocycles. The first-order chi connectivity index (χ1) is 9.76. The smallest absolute Gasteiger partial charge is 0.223 e. The minimum atomic E-state index is 0.463. The van der Waals surface area contributed by atoms with Crippen molar-refractivity contribution in [3.8, 4) is 17.4 Å². The zero-order chi connectivity index (χ0) is 14.4. The van der Waals surface area contributed by atoms with Crippen molar-refractivity contribution in [1.29, 1.82) is 0 Å². The van der Waals surface area contributed by atoms with Gasteiger partial charge in [-0.1, -0.05) is 6.07 Å². The molecule has 0 atom stereocenters. The molecule has 6 heteroatoms. The monoisotopic (exact) mass is 291 g/mol. The molecular formula is C14H17N3O2S. The summed E-state index contributed by atoms with van der Waals surface area (Å²) < 4.78 is 11.4. The van der Waals surface area contributed by atoms with E-state index in [-0.39, 0.29) is 0 Å². The minimum absolute atomic E-state index is 0.463. The van der Waals surface area contributed by atoms with Crippen LogP contribution in [0.15, 0.2) is 35.6 Å². The molecular weight excluding hydrogens is 274 g/mol. The number of rotatable bonds is 6. The highest BCUT2D eigenvalue weighted by Crippen LogP contribution is 2.32. The summed E-state index contributed by atoms with van der Waals surface area (Å²) in [5.41, 5.74) is 6.63. The van der Waals surface area contributed by atoms with Crippen LogP contribution in [0.2, 0.25) is 0 Å². The zero-order valence-electron chi connectivity index (χ0n) is 11.5. The van der Waals surface area contributed by atoms with Crippen LogP contribution in [-0.4, -0.2) is 22.8 Å². The van der Waals surface area contributed by atoms with Crippen LogP contribution in [0.4, 0.5) is 0 Å². The van der Waals surface area contributed by atoms with Gasteiger partial charge in [-0.05, 0) is 30.9 Å². The second-order valence-corrected chi connectivity index (χ2v) is 4.75. The van der Waals surface area contributed by atoms with Crippen molar-refractivity contribution in [2.24, 2.45) is 5.73 Å². The zero-order valence-corrected chi connectivity index (χ0v) is 12.3. The molecule has 20 heavy (non-hydrogen) atoms. The van der Waals surface area contributed by atoms with E-state index in [0.717, 1.165) is 10.6 Å². The van der Waals surface area contributed by atoms with Crippen molar-refractivity contribution < 1.29 is 9.47 Å². The Hall–Kier alpha value is -1.79. The Morgan fingerprint density at radius 1 is 1.20 bits per heavy atom. The summed E-state index contributed by atoms with van der Waals surface area (Å²) in [4.78, 5) is 8.21. The van der Waals surface area contributed by atoms with E-state index in [0.29, 0.717) is 30.5 Å². The molecule has 0 saturated heterocycles. The predicted octanol–water partition coefficient (Wildman–Crippen LogP) is 2.85. The van der Waals surface area contributed by atoms with Gasteiger partial charge in [0.25, 0.3) is 0 Å². The average Bonchev–Trinajstić information content (AvgIpc) is 2.49. The summed E-state index contributed by atoms with van der Waals surface area (Å²) in [5.74, 6) is 1.78. The Balaban J connectivity index is 2.27. The summed E-state index contributed by atoms with van der Waals surface area (Å²) in [6, 6.07) is 7.43. The molecule has 0 unspecified atom stereocenters. The van der Waals surface area contributed by atoms with Gasteiger partial charge in [0, 0.05) is 12.6 Å². The van der Waals surface area contributed by atoms with Gasteiger partial charge in [0.05, 0.1) is 6.61 Å². The summed E-state index contributed by atoms with van der Waals surface area (Å²) in [6.45, 7) is 2.95. The third kappa shape index (κ3) is 3.61. The van der Waals surface area contributed by atoms with Gasteiger partial charge in [-0.25, -0.2) is 9.97 Å². The highest BCUT2D eigenvalue weighted by molar-refractivity contribution is 7.98. The molecule has 106 valence electrons. The van der Waals surface area contributed by atoms with Crippen molar-refractivity contribution in [3.05, 3.63) is 36.2 Å². The molecule has 1 heterocycles. The second-order valence-electron chi connectivity index (χ2n) is 3.92. The first-order valence-corrected chi connectivity index (χ1v) is 7.49. The van der Waals surface area contributed by atoms with E-state index in [1.54, 1.807) is 6.07 Å². The quantitative estimate of drug-likeness (QED) is 0.652. The fourth-order valence-corrected chi connectivity index (χ4v) is 2.01. The van der Waals surface area contributed by atoms with Gasteiger partial charge >= 0.3 is 0 Å². The van der Waals surface area contributed by atoms with Crippen LogP contribution >= 0.6 is 11.8 Å². The topological polar surface area (TPSA) is 70.3 Å². The third-order valence-electron chi connectivity index (χ3n) is 2.58. The molecule has 5 nitrogen and oxygen atoms in total. The van der Waals surface area contributed by atoms with Crippen LogP contribution in [0, 0.1) is 0 Å². The first-order valence-electron chi connectivity index (χ1n) is 6.26. The lowest BCUT2D eigenvalue weighted by atomic mass is 10.2. The van der Waals surface area contributed by atoms with Crippen LogP contribution in [0.1, 0.15) is 12.5 Å².